The van der Waals surface area contributed by atoms with Gasteiger partial charge in [-0.2, -0.15) is 0 Å². The van der Waals surface area contributed by atoms with Crippen molar-refractivity contribution in [3.63, 3.8) is 0 Å². The number of benzene rings is 2. The van der Waals surface area contributed by atoms with E-state index < -0.39 is 11.8 Å². The Morgan fingerprint density at radius 1 is 0.935 bits per heavy atom. The summed E-state index contributed by atoms with van der Waals surface area (Å²) in [7, 11) is 0. The lowest BCUT2D eigenvalue weighted by Gasteiger charge is -2.45. The molecule has 2 aliphatic rings. The summed E-state index contributed by atoms with van der Waals surface area (Å²) in [5.74, 6) is -0.832. The molecule has 2 amide bonds. The minimum absolute atomic E-state index is 0. The zero-order valence-corrected chi connectivity index (χ0v) is 19.6. The standard InChI is InChI=1S/C23H26ClN3O2.2ClH/c24-18-6-4-5-17(15-18)23(16-25)11-9-20(10-12-23)27-14-13-26(21(28)22(27)29)19-7-2-1-3-8-19;;/h1-8,15,20H,9-14,16,25H2;2*1H. The molecule has 1 heterocycles. The first kappa shape index (κ1) is 25.5. The number of amides is 2. The number of hydrogen-bond donors (Lipinski definition) is 1. The van der Waals surface area contributed by atoms with Crippen LogP contribution in [0.2, 0.25) is 5.02 Å². The third-order valence-electron chi connectivity index (χ3n) is 6.50. The van der Waals surface area contributed by atoms with Crippen LogP contribution in [0.15, 0.2) is 54.6 Å². The van der Waals surface area contributed by atoms with Gasteiger partial charge in [-0.05, 0) is 55.5 Å². The highest BCUT2D eigenvalue weighted by Gasteiger charge is 2.42. The quantitative estimate of drug-likeness (QED) is 0.662. The highest BCUT2D eigenvalue weighted by Crippen LogP contribution is 2.41. The Kier molecular flexibility index (Phi) is 8.78. The van der Waals surface area contributed by atoms with Crippen molar-refractivity contribution in [2.24, 2.45) is 5.73 Å². The van der Waals surface area contributed by atoms with Gasteiger partial charge >= 0.3 is 11.8 Å². The third-order valence-corrected chi connectivity index (χ3v) is 6.74. The summed E-state index contributed by atoms with van der Waals surface area (Å²) in [5, 5.41) is 0.718. The van der Waals surface area contributed by atoms with Crippen molar-refractivity contribution in [2.75, 3.05) is 24.5 Å². The van der Waals surface area contributed by atoms with E-state index in [0.717, 1.165) is 36.4 Å². The van der Waals surface area contributed by atoms with Crippen LogP contribution in [0.1, 0.15) is 31.2 Å². The molecule has 2 fully saturated rings. The first-order valence-corrected chi connectivity index (χ1v) is 10.6. The van der Waals surface area contributed by atoms with E-state index in [-0.39, 0.29) is 36.3 Å². The van der Waals surface area contributed by atoms with Gasteiger partial charge in [-0.25, -0.2) is 0 Å². The zero-order valence-electron chi connectivity index (χ0n) is 17.2. The van der Waals surface area contributed by atoms with Gasteiger partial charge in [-0.3, -0.25) is 9.59 Å². The summed E-state index contributed by atoms with van der Waals surface area (Å²) >= 11 is 6.20. The number of nitrogens with zero attached hydrogens (tertiary/aromatic N) is 2. The van der Waals surface area contributed by atoms with Crippen LogP contribution in [0.25, 0.3) is 0 Å². The molecule has 4 rings (SSSR count). The number of hydrogen-bond acceptors (Lipinski definition) is 3. The summed E-state index contributed by atoms with van der Waals surface area (Å²) in [6.45, 7) is 1.65. The van der Waals surface area contributed by atoms with Crippen LogP contribution in [0.3, 0.4) is 0 Å². The predicted octanol–water partition coefficient (Wildman–Crippen LogP) is 4.20. The number of halogens is 3. The molecule has 1 aliphatic carbocycles. The SMILES string of the molecule is Cl.Cl.NCC1(c2cccc(Cl)c2)CCC(N2CCN(c3ccccc3)C(=O)C2=O)CC1. The van der Waals surface area contributed by atoms with Crippen molar-refractivity contribution in [3.8, 4) is 0 Å². The van der Waals surface area contributed by atoms with Gasteiger partial charge in [0, 0.05) is 41.8 Å². The Morgan fingerprint density at radius 3 is 2.23 bits per heavy atom. The molecule has 2 aromatic carbocycles. The molecule has 168 valence electrons. The van der Waals surface area contributed by atoms with Crippen molar-refractivity contribution >= 4 is 53.9 Å². The topological polar surface area (TPSA) is 66.6 Å². The maximum absolute atomic E-state index is 12.8. The lowest BCUT2D eigenvalue weighted by molar-refractivity contribution is -0.148. The van der Waals surface area contributed by atoms with Gasteiger partial charge < -0.3 is 15.5 Å². The number of rotatable bonds is 4. The number of anilines is 1. The molecular weight excluding hydrogens is 457 g/mol. The second-order valence-corrected chi connectivity index (χ2v) is 8.45. The Labute approximate surface area is 200 Å². The van der Waals surface area contributed by atoms with Crippen molar-refractivity contribution in [1.82, 2.24) is 4.90 Å². The van der Waals surface area contributed by atoms with Crippen LogP contribution in [0.4, 0.5) is 5.69 Å². The van der Waals surface area contributed by atoms with Gasteiger partial charge in [0.15, 0.2) is 0 Å². The molecule has 0 aromatic heterocycles. The molecule has 1 saturated carbocycles. The number of nitrogens with two attached hydrogens (primary N) is 1. The fourth-order valence-corrected chi connectivity index (χ4v) is 4.94. The Balaban J connectivity index is 0.00000171. The molecular formula is C23H28Cl3N3O2. The minimum Gasteiger partial charge on any atom is -0.330 e. The zero-order chi connectivity index (χ0) is 20.4. The number of para-hydroxylation sites is 1. The normalized spacial score (nSPS) is 23.7. The van der Waals surface area contributed by atoms with Gasteiger partial charge in [0.25, 0.3) is 0 Å². The molecule has 0 spiro atoms. The first-order valence-electron chi connectivity index (χ1n) is 10.2. The van der Waals surface area contributed by atoms with Gasteiger partial charge in [0.05, 0.1) is 0 Å². The first-order chi connectivity index (χ1) is 14.0. The van der Waals surface area contributed by atoms with Crippen molar-refractivity contribution < 1.29 is 9.59 Å². The van der Waals surface area contributed by atoms with Crippen molar-refractivity contribution in [3.05, 3.63) is 65.2 Å². The van der Waals surface area contributed by atoms with E-state index in [9.17, 15) is 9.59 Å². The van der Waals surface area contributed by atoms with Crippen LogP contribution in [-0.2, 0) is 15.0 Å². The fourth-order valence-electron chi connectivity index (χ4n) is 4.75. The van der Waals surface area contributed by atoms with Crippen LogP contribution in [0, 0.1) is 0 Å². The smallest absolute Gasteiger partial charge is 0.316 e. The molecule has 2 N–H and O–H groups in total. The number of piperazine rings is 1. The lowest BCUT2D eigenvalue weighted by atomic mass is 9.68. The van der Waals surface area contributed by atoms with Crippen molar-refractivity contribution in [1.29, 1.82) is 0 Å². The average Bonchev–Trinajstić information content (AvgIpc) is 2.76. The summed E-state index contributed by atoms with van der Waals surface area (Å²) in [6, 6.07) is 17.4. The molecule has 8 heteroatoms. The third kappa shape index (κ3) is 5.01. The highest BCUT2D eigenvalue weighted by atomic mass is 35.5. The summed E-state index contributed by atoms with van der Waals surface area (Å²) in [6.07, 6.45) is 3.45. The van der Waals surface area contributed by atoms with Gasteiger partial charge in [-0.1, -0.05) is 41.9 Å². The molecule has 2 aromatic rings. The van der Waals surface area contributed by atoms with E-state index in [2.05, 4.69) is 6.07 Å². The van der Waals surface area contributed by atoms with Gasteiger partial charge in [0.1, 0.15) is 0 Å². The summed E-state index contributed by atoms with van der Waals surface area (Å²) < 4.78 is 0. The maximum Gasteiger partial charge on any atom is 0.316 e. The molecule has 5 nitrogen and oxygen atoms in total. The predicted molar refractivity (Wildman–Crippen MR) is 129 cm³/mol. The highest BCUT2D eigenvalue weighted by molar-refractivity contribution is 6.41. The van der Waals surface area contributed by atoms with Gasteiger partial charge in [0.2, 0.25) is 0 Å². The summed E-state index contributed by atoms with van der Waals surface area (Å²) in [5.41, 5.74) is 8.02. The Hall–Kier alpha value is -1.79. The van der Waals surface area contributed by atoms with Crippen LogP contribution < -0.4 is 10.6 Å². The number of carbonyl (C=O) groups is 2. The second-order valence-electron chi connectivity index (χ2n) is 8.02. The van der Waals surface area contributed by atoms with E-state index in [1.54, 1.807) is 9.80 Å². The molecule has 0 radical (unpaired) electrons. The Morgan fingerprint density at radius 2 is 1.61 bits per heavy atom. The second kappa shape index (κ2) is 10.7. The number of carbonyl (C=O) groups excluding carboxylic acids is 2. The minimum atomic E-state index is -0.437. The van der Waals surface area contributed by atoms with E-state index in [1.807, 2.05) is 48.5 Å². The molecule has 0 unspecified atom stereocenters. The monoisotopic (exact) mass is 483 g/mol. The fraction of sp³-hybridized carbons (Fsp3) is 0.391. The molecule has 1 saturated heterocycles. The van der Waals surface area contributed by atoms with Crippen LogP contribution in [-0.4, -0.2) is 42.4 Å². The van der Waals surface area contributed by atoms with E-state index in [1.165, 1.54) is 5.56 Å². The van der Waals surface area contributed by atoms with Crippen LogP contribution in [0.5, 0.6) is 0 Å². The molecule has 1 aliphatic heterocycles. The van der Waals surface area contributed by atoms with Crippen LogP contribution >= 0.6 is 36.4 Å². The molecule has 0 bridgehead atoms. The van der Waals surface area contributed by atoms with E-state index in [0.29, 0.717) is 19.6 Å². The largest absolute Gasteiger partial charge is 0.330 e. The van der Waals surface area contributed by atoms with Gasteiger partial charge in [-0.15, -0.1) is 24.8 Å². The molecule has 0 atom stereocenters. The lowest BCUT2D eigenvalue weighted by Crippen LogP contribution is -2.58. The van der Waals surface area contributed by atoms with Crippen molar-refractivity contribution in [2.45, 2.75) is 37.1 Å². The molecule has 31 heavy (non-hydrogen) atoms. The maximum atomic E-state index is 12.8. The average molecular weight is 485 g/mol. The van der Waals surface area contributed by atoms with E-state index >= 15 is 0 Å². The van der Waals surface area contributed by atoms with E-state index in [4.69, 9.17) is 17.3 Å². The Bertz CT molecular complexity index is 902. The summed E-state index contributed by atoms with van der Waals surface area (Å²) in [4.78, 5) is 28.9.